The molecule has 0 unspecified atom stereocenters. The van der Waals surface area contributed by atoms with Crippen molar-refractivity contribution in [2.24, 2.45) is 0 Å². The molecule has 6 N–H and O–H groups in total. The highest BCUT2D eigenvalue weighted by molar-refractivity contribution is 5.88. The smallest absolute Gasteiger partial charge is 0.238 e. The number of aliphatic hydroxyl groups is 3. The molecule has 0 radical (unpaired) electrons. The van der Waals surface area contributed by atoms with Crippen molar-refractivity contribution in [3.63, 3.8) is 0 Å². The Hall–Kier alpha value is -3.51. The molecule has 1 aliphatic heterocycles. The van der Waals surface area contributed by atoms with Crippen LogP contribution in [0.1, 0.15) is 6.92 Å². The first kappa shape index (κ1) is 22.7. The summed E-state index contributed by atoms with van der Waals surface area (Å²) in [5, 5.41) is 60.2. The van der Waals surface area contributed by atoms with Gasteiger partial charge < -0.3 is 49.3 Å². The molecule has 11 heteroatoms. The molecule has 0 amide bonds. The van der Waals surface area contributed by atoms with E-state index in [1.54, 1.807) is 0 Å². The zero-order valence-corrected chi connectivity index (χ0v) is 17.5. The first-order valence-corrected chi connectivity index (χ1v) is 9.88. The molecule has 1 aliphatic rings. The van der Waals surface area contributed by atoms with E-state index in [4.69, 9.17) is 18.6 Å². The molecule has 1 fully saturated rings. The molecule has 2 aromatic carbocycles. The average molecular weight is 462 g/mol. The van der Waals surface area contributed by atoms with Gasteiger partial charge in [0.05, 0.1) is 13.2 Å². The molecular weight excluding hydrogens is 440 g/mol. The summed E-state index contributed by atoms with van der Waals surface area (Å²) in [6.45, 7) is 1.48. The van der Waals surface area contributed by atoms with Crippen molar-refractivity contribution in [3.8, 4) is 40.1 Å². The van der Waals surface area contributed by atoms with E-state index in [2.05, 4.69) is 0 Å². The van der Waals surface area contributed by atoms with Gasteiger partial charge in [-0.2, -0.15) is 0 Å². The lowest BCUT2D eigenvalue weighted by atomic mass is 10.00. The fourth-order valence-corrected chi connectivity index (χ4v) is 3.59. The van der Waals surface area contributed by atoms with Gasteiger partial charge in [-0.25, -0.2) is 0 Å². The number of fused-ring (bicyclic) bond motifs is 1. The van der Waals surface area contributed by atoms with Gasteiger partial charge >= 0.3 is 0 Å². The van der Waals surface area contributed by atoms with Crippen molar-refractivity contribution in [2.45, 2.75) is 37.6 Å². The highest BCUT2D eigenvalue weighted by atomic mass is 16.7. The second-order valence-corrected chi connectivity index (χ2v) is 7.61. The van der Waals surface area contributed by atoms with E-state index in [0.717, 1.165) is 6.07 Å². The van der Waals surface area contributed by atoms with Crippen molar-refractivity contribution >= 4 is 11.0 Å². The minimum absolute atomic E-state index is 0.0767. The number of ether oxygens (including phenoxy) is 3. The van der Waals surface area contributed by atoms with E-state index in [0.29, 0.717) is 0 Å². The zero-order valence-electron chi connectivity index (χ0n) is 17.5. The van der Waals surface area contributed by atoms with Gasteiger partial charge in [0, 0.05) is 17.7 Å². The number of benzene rings is 2. The Labute approximate surface area is 186 Å². The van der Waals surface area contributed by atoms with E-state index >= 15 is 0 Å². The summed E-state index contributed by atoms with van der Waals surface area (Å²) >= 11 is 0. The van der Waals surface area contributed by atoms with Crippen LogP contribution in [-0.2, 0) is 4.74 Å². The molecule has 0 bridgehead atoms. The zero-order chi connectivity index (χ0) is 24.0. The van der Waals surface area contributed by atoms with Crippen LogP contribution in [0.4, 0.5) is 0 Å². The quantitative estimate of drug-likeness (QED) is 0.323. The molecule has 1 aromatic heterocycles. The Morgan fingerprint density at radius 3 is 2.36 bits per heavy atom. The summed E-state index contributed by atoms with van der Waals surface area (Å²) in [5.74, 6) is -1.75. The highest BCUT2D eigenvalue weighted by Gasteiger charge is 2.43. The summed E-state index contributed by atoms with van der Waals surface area (Å²) < 4.78 is 21.6. The van der Waals surface area contributed by atoms with Crippen molar-refractivity contribution < 1.29 is 49.3 Å². The predicted molar refractivity (Wildman–Crippen MR) is 112 cm³/mol. The summed E-state index contributed by atoms with van der Waals surface area (Å²) in [5.41, 5.74) is -0.860. The van der Waals surface area contributed by atoms with Crippen LogP contribution in [0.5, 0.6) is 28.7 Å². The van der Waals surface area contributed by atoms with Gasteiger partial charge in [0.15, 0.2) is 17.3 Å². The SMILES string of the molecule is COc1cc(-c2oc3cc(O[C@@H]4O[C@@H](C)[C@H](O)[C@@H](O)[C@H]4O)cc(O)c3c(=O)c2O)ccc1O. The fourth-order valence-electron chi connectivity index (χ4n) is 3.59. The molecule has 4 rings (SSSR count). The van der Waals surface area contributed by atoms with Crippen molar-refractivity contribution in [1.82, 2.24) is 0 Å². The molecule has 33 heavy (non-hydrogen) atoms. The van der Waals surface area contributed by atoms with E-state index in [1.165, 1.54) is 38.3 Å². The molecule has 11 nitrogen and oxygen atoms in total. The van der Waals surface area contributed by atoms with Gasteiger partial charge in [0.2, 0.25) is 17.5 Å². The fraction of sp³-hybridized carbons (Fsp3) is 0.318. The molecule has 1 saturated heterocycles. The predicted octanol–water partition coefficient (Wildman–Crippen LogP) is 0.792. The topological polar surface area (TPSA) is 179 Å². The van der Waals surface area contributed by atoms with E-state index in [9.17, 15) is 35.4 Å². The Bertz CT molecular complexity index is 1250. The lowest BCUT2D eigenvalue weighted by Crippen LogP contribution is -2.58. The standard InChI is InChI=1S/C22H22O11/c1-8-16(25)18(27)20(29)22(31-8)32-10-6-12(24)15-14(7-10)33-21(19(28)17(15)26)9-3-4-11(23)13(5-9)30-2/h3-8,16,18,20,22-25,27-29H,1-2H3/t8-,16-,18+,20+,22-/m0/s1. The van der Waals surface area contributed by atoms with Crippen LogP contribution in [0.25, 0.3) is 22.3 Å². The first-order chi connectivity index (χ1) is 15.6. The van der Waals surface area contributed by atoms with Gasteiger partial charge in [0.1, 0.15) is 40.8 Å². The van der Waals surface area contributed by atoms with Crippen molar-refractivity contribution in [1.29, 1.82) is 0 Å². The maximum atomic E-state index is 12.7. The van der Waals surface area contributed by atoms with E-state index < -0.39 is 47.6 Å². The van der Waals surface area contributed by atoms with Crippen LogP contribution in [0.2, 0.25) is 0 Å². The molecule has 5 atom stereocenters. The molecule has 0 spiro atoms. The van der Waals surface area contributed by atoms with Crippen LogP contribution >= 0.6 is 0 Å². The van der Waals surface area contributed by atoms with Crippen LogP contribution in [0.3, 0.4) is 0 Å². The van der Waals surface area contributed by atoms with Crippen LogP contribution in [0.15, 0.2) is 39.5 Å². The molecule has 2 heterocycles. The molecule has 0 aliphatic carbocycles. The molecule has 0 saturated carbocycles. The first-order valence-electron chi connectivity index (χ1n) is 9.88. The lowest BCUT2D eigenvalue weighted by molar-refractivity contribution is -0.268. The van der Waals surface area contributed by atoms with Crippen LogP contribution in [0, 0.1) is 0 Å². The maximum absolute atomic E-state index is 12.7. The second-order valence-electron chi connectivity index (χ2n) is 7.61. The third kappa shape index (κ3) is 3.91. The van der Waals surface area contributed by atoms with E-state index in [-0.39, 0.29) is 39.5 Å². The van der Waals surface area contributed by atoms with Gasteiger partial charge in [-0.05, 0) is 25.1 Å². The van der Waals surface area contributed by atoms with E-state index in [1.807, 2.05) is 0 Å². The number of rotatable bonds is 4. The molecule has 176 valence electrons. The normalized spacial score (nSPS) is 25.2. The third-order valence-corrected chi connectivity index (χ3v) is 5.43. The Balaban J connectivity index is 1.78. The number of hydrogen-bond donors (Lipinski definition) is 6. The summed E-state index contributed by atoms with van der Waals surface area (Å²) in [4.78, 5) is 12.7. The van der Waals surface area contributed by atoms with Crippen LogP contribution < -0.4 is 14.9 Å². The van der Waals surface area contributed by atoms with Crippen molar-refractivity contribution in [2.75, 3.05) is 7.11 Å². The monoisotopic (exact) mass is 462 g/mol. The van der Waals surface area contributed by atoms with Crippen molar-refractivity contribution in [3.05, 3.63) is 40.6 Å². The summed E-state index contributed by atoms with van der Waals surface area (Å²) in [6.07, 6.45) is -6.69. The number of aliphatic hydroxyl groups excluding tert-OH is 3. The number of phenolic OH excluding ortho intramolecular Hbond substituents is 2. The number of hydrogen-bond acceptors (Lipinski definition) is 11. The average Bonchev–Trinajstić information content (AvgIpc) is 2.78. The summed E-state index contributed by atoms with van der Waals surface area (Å²) in [6, 6.07) is 6.31. The minimum atomic E-state index is -1.60. The molecular formula is C22H22O11. The Morgan fingerprint density at radius 2 is 1.67 bits per heavy atom. The Morgan fingerprint density at radius 1 is 0.939 bits per heavy atom. The number of aromatic hydroxyl groups is 3. The highest BCUT2D eigenvalue weighted by Crippen LogP contribution is 2.38. The largest absolute Gasteiger partial charge is 0.507 e. The lowest BCUT2D eigenvalue weighted by Gasteiger charge is -2.38. The Kier molecular flexibility index (Phi) is 5.80. The van der Waals surface area contributed by atoms with Gasteiger partial charge in [-0.3, -0.25) is 4.79 Å². The van der Waals surface area contributed by atoms with Gasteiger partial charge in [0.25, 0.3) is 0 Å². The molecule has 3 aromatic rings. The minimum Gasteiger partial charge on any atom is -0.507 e. The van der Waals surface area contributed by atoms with Gasteiger partial charge in [-0.1, -0.05) is 0 Å². The van der Waals surface area contributed by atoms with Gasteiger partial charge in [-0.15, -0.1) is 0 Å². The maximum Gasteiger partial charge on any atom is 0.238 e. The second kappa shape index (κ2) is 8.45. The number of methoxy groups -OCH3 is 1. The third-order valence-electron chi connectivity index (χ3n) is 5.43. The van der Waals surface area contributed by atoms with Crippen LogP contribution in [-0.4, -0.2) is 68.5 Å². The summed E-state index contributed by atoms with van der Waals surface area (Å²) in [7, 11) is 1.33. The number of phenols is 2.